The van der Waals surface area contributed by atoms with Gasteiger partial charge in [0.15, 0.2) is 5.22 Å². The van der Waals surface area contributed by atoms with Crippen LogP contribution in [0, 0.1) is 5.92 Å². The number of rotatable bonds is 5. The van der Waals surface area contributed by atoms with Gasteiger partial charge in [-0.3, -0.25) is 0 Å². The van der Waals surface area contributed by atoms with E-state index in [0.29, 0.717) is 11.1 Å². The lowest BCUT2D eigenvalue weighted by Gasteiger charge is -2.41. The highest BCUT2D eigenvalue weighted by atomic mass is 35.5. The van der Waals surface area contributed by atoms with E-state index in [1.165, 1.54) is 12.2 Å². The first-order valence-corrected chi connectivity index (χ1v) is 9.45. The van der Waals surface area contributed by atoms with Crippen molar-refractivity contribution in [3.8, 4) is 0 Å². The van der Waals surface area contributed by atoms with E-state index in [1.54, 1.807) is 6.26 Å². The molecular weight excluding hydrogens is 306 g/mol. The average molecular weight is 330 g/mol. The molecule has 0 bridgehead atoms. The number of ether oxygens (including phenoxy) is 1. The number of hydrogen-bond acceptors (Lipinski definition) is 4. The van der Waals surface area contributed by atoms with Gasteiger partial charge < -0.3 is 14.5 Å². The van der Waals surface area contributed by atoms with Gasteiger partial charge in [-0.15, -0.1) is 0 Å². The predicted molar refractivity (Wildman–Crippen MR) is 88.1 cm³/mol. The Labute approximate surface area is 136 Å². The van der Waals surface area contributed by atoms with Gasteiger partial charge in [-0.25, -0.2) is 0 Å². The van der Waals surface area contributed by atoms with Crippen molar-refractivity contribution in [2.75, 3.05) is 24.7 Å². The lowest BCUT2D eigenvalue weighted by atomic mass is 9.79. The van der Waals surface area contributed by atoms with E-state index in [0.717, 1.165) is 43.7 Å². The molecule has 2 aliphatic heterocycles. The van der Waals surface area contributed by atoms with Crippen molar-refractivity contribution in [2.24, 2.45) is 5.92 Å². The van der Waals surface area contributed by atoms with Gasteiger partial charge in [-0.05, 0) is 61.6 Å². The molecule has 0 saturated carbocycles. The highest BCUT2D eigenvalue weighted by molar-refractivity contribution is 7.99. The molecule has 21 heavy (non-hydrogen) atoms. The lowest BCUT2D eigenvalue weighted by molar-refractivity contribution is -0.0854. The minimum atomic E-state index is 0.107. The molecule has 3 heterocycles. The molecule has 1 spiro atoms. The van der Waals surface area contributed by atoms with E-state index in [1.807, 2.05) is 17.8 Å². The van der Waals surface area contributed by atoms with E-state index in [4.69, 9.17) is 20.8 Å². The van der Waals surface area contributed by atoms with Crippen LogP contribution in [0.3, 0.4) is 0 Å². The Hall–Kier alpha value is -0.160. The summed E-state index contributed by atoms with van der Waals surface area (Å²) in [4.78, 5) is 0. The predicted octanol–water partition coefficient (Wildman–Crippen LogP) is 4.28. The quantitative estimate of drug-likeness (QED) is 0.874. The molecule has 3 nitrogen and oxygen atoms in total. The topological polar surface area (TPSA) is 34.4 Å². The molecule has 3 unspecified atom stereocenters. The second-order valence-corrected chi connectivity index (χ2v) is 7.62. The molecule has 5 heteroatoms. The van der Waals surface area contributed by atoms with Crippen molar-refractivity contribution in [3.63, 3.8) is 0 Å². The fraction of sp³-hybridized carbons (Fsp3) is 0.750. The Morgan fingerprint density at radius 1 is 1.57 bits per heavy atom. The van der Waals surface area contributed by atoms with Gasteiger partial charge >= 0.3 is 0 Å². The second kappa shape index (κ2) is 6.95. The van der Waals surface area contributed by atoms with Gasteiger partial charge in [0.05, 0.1) is 11.9 Å². The van der Waals surface area contributed by atoms with E-state index >= 15 is 0 Å². The number of thioether (sulfide) groups is 1. The summed E-state index contributed by atoms with van der Waals surface area (Å²) in [6, 6.07) is 2.30. The molecule has 2 saturated heterocycles. The molecule has 1 aromatic heterocycles. The third-order valence-corrected chi connectivity index (χ3v) is 6.20. The first kappa shape index (κ1) is 15.7. The standard InChI is InChI=1S/C16H24ClNO2S/c1-2-6-18-14(13-4-7-19-15(13)17)12-3-8-20-16(10-12)5-9-21-11-16/h4,7,12,14,18H,2-3,5-6,8-11H2,1H3. The van der Waals surface area contributed by atoms with Crippen molar-refractivity contribution in [2.45, 2.75) is 44.2 Å². The summed E-state index contributed by atoms with van der Waals surface area (Å²) in [5.41, 5.74) is 1.22. The van der Waals surface area contributed by atoms with Gasteiger partial charge in [0, 0.05) is 24.0 Å². The number of furan rings is 1. The highest BCUT2D eigenvalue weighted by Crippen LogP contribution is 2.45. The van der Waals surface area contributed by atoms with Gasteiger partial charge in [0.25, 0.3) is 0 Å². The highest BCUT2D eigenvalue weighted by Gasteiger charge is 2.43. The second-order valence-electron chi connectivity index (χ2n) is 6.17. The first-order valence-electron chi connectivity index (χ1n) is 7.92. The SMILES string of the molecule is CCCNC(c1ccoc1Cl)C1CCOC2(CCSC2)C1. The molecular formula is C16H24ClNO2S. The third kappa shape index (κ3) is 3.44. The molecule has 0 amide bonds. The Bertz CT molecular complexity index is 459. The summed E-state index contributed by atoms with van der Waals surface area (Å²) in [5, 5.41) is 4.21. The van der Waals surface area contributed by atoms with Crippen LogP contribution >= 0.6 is 23.4 Å². The molecule has 2 fully saturated rings. The van der Waals surface area contributed by atoms with Gasteiger partial charge in [0.2, 0.25) is 0 Å². The van der Waals surface area contributed by atoms with Crippen LogP contribution in [0.15, 0.2) is 16.7 Å². The monoisotopic (exact) mass is 329 g/mol. The Balaban J connectivity index is 1.77. The number of nitrogens with one attached hydrogen (secondary N) is 1. The third-order valence-electron chi connectivity index (χ3n) is 4.67. The molecule has 1 aromatic rings. The molecule has 0 aromatic carbocycles. The summed E-state index contributed by atoms with van der Waals surface area (Å²) in [5.74, 6) is 2.94. The largest absolute Gasteiger partial charge is 0.453 e. The van der Waals surface area contributed by atoms with Crippen LogP contribution in [0.2, 0.25) is 5.22 Å². The molecule has 0 aliphatic carbocycles. The van der Waals surface area contributed by atoms with Crippen molar-refractivity contribution in [1.29, 1.82) is 0 Å². The van der Waals surface area contributed by atoms with Crippen LogP contribution in [0.4, 0.5) is 0 Å². The Morgan fingerprint density at radius 2 is 2.48 bits per heavy atom. The Morgan fingerprint density at radius 3 is 3.14 bits per heavy atom. The van der Waals surface area contributed by atoms with Crippen LogP contribution in [-0.4, -0.2) is 30.3 Å². The fourth-order valence-electron chi connectivity index (χ4n) is 3.57. The Kier molecular flexibility index (Phi) is 5.20. The summed E-state index contributed by atoms with van der Waals surface area (Å²) in [6.45, 7) is 4.07. The van der Waals surface area contributed by atoms with Crippen molar-refractivity contribution in [1.82, 2.24) is 5.32 Å². The molecule has 3 rings (SSSR count). The van der Waals surface area contributed by atoms with E-state index in [2.05, 4.69) is 12.2 Å². The van der Waals surface area contributed by atoms with Crippen molar-refractivity contribution < 1.29 is 9.15 Å². The lowest BCUT2D eigenvalue weighted by Crippen LogP contribution is -2.43. The summed E-state index contributed by atoms with van der Waals surface area (Å²) in [7, 11) is 0. The van der Waals surface area contributed by atoms with E-state index in [-0.39, 0.29) is 11.6 Å². The molecule has 1 N–H and O–H groups in total. The van der Waals surface area contributed by atoms with Gasteiger partial charge in [0.1, 0.15) is 0 Å². The summed E-state index contributed by atoms with van der Waals surface area (Å²) < 4.78 is 11.5. The average Bonchev–Trinajstić information content (AvgIpc) is 3.10. The molecule has 3 atom stereocenters. The maximum Gasteiger partial charge on any atom is 0.197 e. The van der Waals surface area contributed by atoms with Crippen LogP contribution in [0.1, 0.15) is 44.2 Å². The maximum atomic E-state index is 6.24. The zero-order chi connectivity index (χ0) is 14.7. The number of hydrogen-bond donors (Lipinski definition) is 1. The van der Waals surface area contributed by atoms with Crippen LogP contribution in [0.25, 0.3) is 0 Å². The minimum Gasteiger partial charge on any atom is -0.453 e. The van der Waals surface area contributed by atoms with Gasteiger partial charge in [-0.1, -0.05) is 6.92 Å². The number of halogens is 1. The summed E-state index contributed by atoms with van der Waals surface area (Å²) >= 11 is 8.26. The van der Waals surface area contributed by atoms with Crippen molar-refractivity contribution >= 4 is 23.4 Å². The van der Waals surface area contributed by atoms with Crippen LogP contribution in [-0.2, 0) is 4.74 Å². The van der Waals surface area contributed by atoms with E-state index < -0.39 is 0 Å². The van der Waals surface area contributed by atoms with Gasteiger partial charge in [-0.2, -0.15) is 11.8 Å². The first-order chi connectivity index (χ1) is 10.2. The zero-order valence-corrected chi connectivity index (χ0v) is 14.1. The minimum absolute atomic E-state index is 0.107. The zero-order valence-electron chi connectivity index (χ0n) is 12.6. The molecule has 0 radical (unpaired) electrons. The van der Waals surface area contributed by atoms with Crippen molar-refractivity contribution in [3.05, 3.63) is 23.1 Å². The van der Waals surface area contributed by atoms with E-state index in [9.17, 15) is 0 Å². The van der Waals surface area contributed by atoms with Crippen LogP contribution in [0.5, 0.6) is 0 Å². The fourth-order valence-corrected chi connectivity index (χ4v) is 5.18. The maximum absolute atomic E-state index is 6.24. The smallest absolute Gasteiger partial charge is 0.197 e. The van der Waals surface area contributed by atoms with Crippen LogP contribution < -0.4 is 5.32 Å². The molecule has 118 valence electrons. The summed E-state index contributed by atoms with van der Waals surface area (Å²) in [6.07, 6.45) is 6.22. The molecule has 2 aliphatic rings. The normalized spacial score (nSPS) is 30.9.